The second kappa shape index (κ2) is 3.77. The van der Waals surface area contributed by atoms with Crippen LogP contribution >= 0.6 is 0 Å². The number of anilines is 1. The molecule has 0 aliphatic rings. The Balaban J connectivity index is 2.99. The van der Waals surface area contributed by atoms with Gasteiger partial charge >= 0.3 is 6.36 Å². The van der Waals surface area contributed by atoms with Gasteiger partial charge in [0.1, 0.15) is 0 Å². The summed E-state index contributed by atoms with van der Waals surface area (Å²) < 4.78 is 39.7. The Morgan fingerprint density at radius 1 is 1.29 bits per heavy atom. The number of alkyl halides is 3. The molecule has 0 amide bonds. The molecule has 1 N–H and O–H groups in total. The Morgan fingerprint density at radius 3 is 2.43 bits per heavy atom. The van der Waals surface area contributed by atoms with Gasteiger partial charge in [0.15, 0.2) is 5.75 Å². The first-order chi connectivity index (χ1) is 6.42. The van der Waals surface area contributed by atoms with E-state index in [9.17, 15) is 13.2 Å². The summed E-state index contributed by atoms with van der Waals surface area (Å²) in [6.07, 6.45) is -4.65. The van der Waals surface area contributed by atoms with Gasteiger partial charge in [0.05, 0.1) is 5.69 Å². The van der Waals surface area contributed by atoms with E-state index in [2.05, 4.69) is 10.1 Å². The molecule has 78 valence electrons. The number of hydrogen-bond acceptors (Lipinski definition) is 2. The lowest BCUT2D eigenvalue weighted by Crippen LogP contribution is -2.18. The molecule has 0 unspecified atom stereocenters. The van der Waals surface area contributed by atoms with Crippen LogP contribution in [0.25, 0.3) is 0 Å². The van der Waals surface area contributed by atoms with Crippen LogP contribution in [0.1, 0.15) is 5.56 Å². The number of benzene rings is 1. The minimum absolute atomic E-state index is 0.208. The van der Waals surface area contributed by atoms with Gasteiger partial charge in [-0.3, -0.25) is 0 Å². The first-order valence-electron chi connectivity index (χ1n) is 3.96. The molecule has 0 saturated heterocycles. The van der Waals surface area contributed by atoms with Crippen molar-refractivity contribution in [1.82, 2.24) is 0 Å². The highest BCUT2D eigenvalue weighted by Gasteiger charge is 2.32. The van der Waals surface area contributed by atoms with Gasteiger partial charge in [0.2, 0.25) is 0 Å². The van der Waals surface area contributed by atoms with E-state index >= 15 is 0 Å². The molecule has 0 aliphatic heterocycles. The van der Waals surface area contributed by atoms with Crippen molar-refractivity contribution in [3.63, 3.8) is 0 Å². The zero-order chi connectivity index (χ0) is 10.8. The van der Waals surface area contributed by atoms with E-state index in [0.29, 0.717) is 11.3 Å². The van der Waals surface area contributed by atoms with Crippen molar-refractivity contribution in [1.29, 1.82) is 0 Å². The predicted octanol–water partition coefficient (Wildman–Crippen LogP) is 2.94. The smallest absolute Gasteiger partial charge is 0.404 e. The van der Waals surface area contributed by atoms with Gasteiger partial charge in [-0.05, 0) is 24.6 Å². The molecular formula is C9H10F3NO. The third-order valence-electron chi connectivity index (χ3n) is 1.63. The molecule has 1 aromatic carbocycles. The lowest BCUT2D eigenvalue weighted by atomic mass is 10.2. The summed E-state index contributed by atoms with van der Waals surface area (Å²) in [6.45, 7) is 1.70. The molecule has 2 nitrogen and oxygen atoms in total. The Morgan fingerprint density at radius 2 is 1.93 bits per heavy atom. The molecule has 0 fully saturated rings. The van der Waals surface area contributed by atoms with Crippen LogP contribution in [0.15, 0.2) is 18.2 Å². The van der Waals surface area contributed by atoms with Crippen molar-refractivity contribution in [3.05, 3.63) is 23.8 Å². The van der Waals surface area contributed by atoms with E-state index < -0.39 is 6.36 Å². The van der Waals surface area contributed by atoms with Crippen LogP contribution in [0.4, 0.5) is 18.9 Å². The Labute approximate surface area is 79.7 Å². The molecule has 0 heterocycles. The zero-order valence-corrected chi connectivity index (χ0v) is 7.77. The second-order valence-electron chi connectivity index (χ2n) is 2.80. The van der Waals surface area contributed by atoms with Crippen molar-refractivity contribution < 1.29 is 17.9 Å². The van der Waals surface area contributed by atoms with Gasteiger partial charge in [-0.15, -0.1) is 13.2 Å². The van der Waals surface area contributed by atoms with Crippen LogP contribution in [0.2, 0.25) is 0 Å². The van der Waals surface area contributed by atoms with E-state index in [-0.39, 0.29) is 5.75 Å². The molecule has 5 heteroatoms. The first kappa shape index (κ1) is 10.7. The standard InChI is InChI=1S/C9H10F3NO/c1-6-3-4-7(13-2)8(5-6)14-9(10,11)12/h3-5,13H,1-2H3. The Hall–Kier alpha value is -1.39. The van der Waals surface area contributed by atoms with Crippen molar-refractivity contribution in [3.8, 4) is 5.75 Å². The molecule has 0 saturated carbocycles. The fourth-order valence-electron chi connectivity index (χ4n) is 1.05. The maximum absolute atomic E-state index is 11.9. The maximum atomic E-state index is 11.9. The minimum atomic E-state index is -4.65. The highest BCUT2D eigenvalue weighted by molar-refractivity contribution is 5.57. The number of nitrogens with one attached hydrogen (secondary N) is 1. The van der Waals surface area contributed by atoms with Gasteiger partial charge in [0.25, 0.3) is 0 Å². The van der Waals surface area contributed by atoms with E-state index in [0.717, 1.165) is 0 Å². The number of rotatable bonds is 2. The van der Waals surface area contributed by atoms with Crippen LogP contribution in [-0.2, 0) is 0 Å². The minimum Gasteiger partial charge on any atom is -0.404 e. The lowest BCUT2D eigenvalue weighted by Gasteiger charge is -2.13. The predicted molar refractivity (Wildman–Crippen MR) is 47.4 cm³/mol. The van der Waals surface area contributed by atoms with Gasteiger partial charge < -0.3 is 10.1 Å². The number of halogens is 3. The first-order valence-corrected chi connectivity index (χ1v) is 3.96. The van der Waals surface area contributed by atoms with Crippen molar-refractivity contribution in [2.75, 3.05) is 12.4 Å². The highest BCUT2D eigenvalue weighted by Crippen LogP contribution is 2.30. The third kappa shape index (κ3) is 2.83. The SMILES string of the molecule is CNc1ccc(C)cc1OC(F)(F)F. The van der Waals surface area contributed by atoms with Gasteiger partial charge in [-0.25, -0.2) is 0 Å². The van der Waals surface area contributed by atoms with Crippen LogP contribution in [0.5, 0.6) is 5.75 Å². The van der Waals surface area contributed by atoms with Crippen LogP contribution in [0.3, 0.4) is 0 Å². The number of aryl methyl sites for hydroxylation is 1. The van der Waals surface area contributed by atoms with Crippen LogP contribution in [0, 0.1) is 6.92 Å². The van der Waals surface area contributed by atoms with Crippen LogP contribution in [-0.4, -0.2) is 13.4 Å². The van der Waals surface area contributed by atoms with Gasteiger partial charge in [0, 0.05) is 7.05 Å². The molecule has 1 rings (SSSR count). The highest BCUT2D eigenvalue weighted by atomic mass is 19.4. The Kier molecular flexibility index (Phi) is 2.88. The monoisotopic (exact) mass is 205 g/mol. The van der Waals surface area contributed by atoms with Gasteiger partial charge in [-0.2, -0.15) is 0 Å². The molecule has 0 radical (unpaired) electrons. The summed E-state index contributed by atoms with van der Waals surface area (Å²) in [7, 11) is 1.54. The summed E-state index contributed by atoms with van der Waals surface area (Å²) in [4.78, 5) is 0. The zero-order valence-electron chi connectivity index (χ0n) is 7.77. The second-order valence-corrected chi connectivity index (χ2v) is 2.80. The summed E-state index contributed by atoms with van der Waals surface area (Å²) >= 11 is 0. The average molecular weight is 205 g/mol. The Bertz CT molecular complexity index is 322. The normalized spacial score (nSPS) is 11.2. The van der Waals surface area contributed by atoms with E-state index in [1.165, 1.54) is 19.2 Å². The molecule has 14 heavy (non-hydrogen) atoms. The summed E-state index contributed by atoms with van der Waals surface area (Å²) in [5.41, 5.74) is 1.02. The molecule has 0 spiro atoms. The largest absolute Gasteiger partial charge is 0.573 e. The average Bonchev–Trinajstić information content (AvgIpc) is 2.01. The van der Waals surface area contributed by atoms with Crippen LogP contribution < -0.4 is 10.1 Å². The topological polar surface area (TPSA) is 21.3 Å². The molecule has 0 bridgehead atoms. The maximum Gasteiger partial charge on any atom is 0.573 e. The quantitative estimate of drug-likeness (QED) is 0.801. The van der Waals surface area contributed by atoms with E-state index in [4.69, 9.17) is 0 Å². The molecule has 0 aromatic heterocycles. The number of hydrogen-bond donors (Lipinski definition) is 1. The van der Waals surface area contributed by atoms with Crippen molar-refractivity contribution >= 4 is 5.69 Å². The van der Waals surface area contributed by atoms with Gasteiger partial charge in [-0.1, -0.05) is 6.07 Å². The van der Waals surface area contributed by atoms with E-state index in [1.807, 2.05) is 0 Å². The summed E-state index contributed by atoms with van der Waals surface area (Å²) in [5.74, 6) is -0.208. The number of ether oxygens (including phenoxy) is 1. The summed E-state index contributed by atoms with van der Waals surface area (Å²) in [6, 6.07) is 4.57. The fourth-order valence-corrected chi connectivity index (χ4v) is 1.05. The van der Waals surface area contributed by atoms with Crippen molar-refractivity contribution in [2.24, 2.45) is 0 Å². The lowest BCUT2D eigenvalue weighted by molar-refractivity contribution is -0.274. The fraction of sp³-hybridized carbons (Fsp3) is 0.333. The molecule has 0 aliphatic carbocycles. The summed E-state index contributed by atoms with van der Waals surface area (Å²) in [5, 5.41) is 2.62. The molecule has 0 atom stereocenters. The van der Waals surface area contributed by atoms with Crippen molar-refractivity contribution in [2.45, 2.75) is 13.3 Å². The molecule has 1 aromatic rings. The van der Waals surface area contributed by atoms with E-state index in [1.54, 1.807) is 13.0 Å². The molecular weight excluding hydrogens is 195 g/mol. The third-order valence-corrected chi connectivity index (χ3v) is 1.63.